The van der Waals surface area contributed by atoms with Crippen LogP contribution < -0.4 is 15.4 Å². The van der Waals surface area contributed by atoms with Crippen LogP contribution in [0.4, 0.5) is 10.8 Å². The van der Waals surface area contributed by atoms with Crippen molar-refractivity contribution in [1.29, 1.82) is 0 Å². The van der Waals surface area contributed by atoms with Gasteiger partial charge in [0.05, 0.1) is 6.61 Å². The van der Waals surface area contributed by atoms with Crippen LogP contribution in [-0.2, 0) is 16.0 Å². The Hall–Kier alpha value is -3.26. The zero-order chi connectivity index (χ0) is 20.1. The maximum atomic E-state index is 12.1. The molecule has 0 bridgehead atoms. The normalized spacial score (nSPS) is 12.8. The molecule has 0 spiro atoms. The second kappa shape index (κ2) is 8.83. The topological polar surface area (TPSA) is 93.2 Å². The fraction of sp³-hybridized carbons (Fsp3) is 0.238. The van der Waals surface area contributed by atoms with Crippen LogP contribution in [-0.4, -0.2) is 28.6 Å². The molecule has 148 valence electrons. The summed E-state index contributed by atoms with van der Waals surface area (Å²) in [7, 11) is 0. The molecule has 0 saturated carbocycles. The molecule has 0 saturated heterocycles. The first kappa shape index (κ1) is 19.1. The average molecular weight is 408 g/mol. The van der Waals surface area contributed by atoms with Crippen LogP contribution in [0.3, 0.4) is 0 Å². The Kier molecular flexibility index (Phi) is 5.81. The van der Waals surface area contributed by atoms with Gasteiger partial charge in [-0.1, -0.05) is 41.7 Å². The van der Waals surface area contributed by atoms with Crippen LogP contribution in [0.1, 0.15) is 24.8 Å². The number of amides is 2. The Morgan fingerprint density at radius 1 is 1.14 bits per heavy atom. The molecule has 2 heterocycles. The van der Waals surface area contributed by atoms with Crippen molar-refractivity contribution in [3.63, 3.8) is 0 Å². The highest BCUT2D eigenvalue weighted by Crippen LogP contribution is 2.27. The lowest BCUT2D eigenvalue weighted by atomic mass is 10.0. The van der Waals surface area contributed by atoms with Gasteiger partial charge in [-0.15, -0.1) is 10.2 Å². The molecule has 0 atom stereocenters. The first-order chi connectivity index (χ1) is 14.2. The number of rotatable bonds is 7. The Morgan fingerprint density at radius 2 is 2.00 bits per heavy atom. The van der Waals surface area contributed by atoms with Gasteiger partial charge in [0, 0.05) is 24.1 Å². The van der Waals surface area contributed by atoms with Crippen molar-refractivity contribution in [3.8, 4) is 16.3 Å². The molecule has 8 heteroatoms. The number of aryl methyl sites for hydroxylation is 1. The van der Waals surface area contributed by atoms with Gasteiger partial charge in [-0.05, 0) is 36.6 Å². The fourth-order valence-corrected chi connectivity index (χ4v) is 3.79. The van der Waals surface area contributed by atoms with Crippen molar-refractivity contribution in [1.82, 2.24) is 10.2 Å². The lowest BCUT2D eigenvalue weighted by Crippen LogP contribution is -2.18. The second-order valence-electron chi connectivity index (χ2n) is 6.65. The SMILES string of the molecule is O=C(CCCOc1ccc2c(c1)CCC(=O)N2)Nc1nnc(-c2ccccc2)s1. The van der Waals surface area contributed by atoms with Crippen LogP contribution in [0.5, 0.6) is 5.75 Å². The van der Waals surface area contributed by atoms with Crippen LogP contribution in [0.15, 0.2) is 48.5 Å². The van der Waals surface area contributed by atoms with E-state index in [4.69, 9.17) is 4.74 Å². The smallest absolute Gasteiger partial charge is 0.226 e. The largest absolute Gasteiger partial charge is 0.494 e. The van der Waals surface area contributed by atoms with Crippen LogP contribution >= 0.6 is 11.3 Å². The van der Waals surface area contributed by atoms with E-state index in [1.807, 2.05) is 48.5 Å². The van der Waals surface area contributed by atoms with Gasteiger partial charge in [-0.3, -0.25) is 9.59 Å². The van der Waals surface area contributed by atoms with E-state index in [-0.39, 0.29) is 11.8 Å². The first-order valence-electron chi connectivity index (χ1n) is 9.42. The zero-order valence-corrected chi connectivity index (χ0v) is 16.5. The van der Waals surface area contributed by atoms with E-state index < -0.39 is 0 Å². The highest BCUT2D eigenvalue weighted by Gasteiger charge is 2.15. The number of ether oxygens (including phenoxy) is 1. The fourth-order valence-electron chi connectivity index (χ4n) is 3.03. The van der Waals surface area contributed by atoms with E-state index in [9.17, 15) is 9.59 Å². The molecule has 2 N–H and O–H groups in total. The molecule has 2 amide bonds. The Labute approximate surface area is 172 Å². The summed E-state index contributed by atoms with van der Waals surface area (Å²) in [6.45, 7) is 0.434. The number of carbonyl (C=O) groups excluding carboxylic acids is 2. The Balaban J connectivity index is 1.22. The molecule has 2 aromatic carbocycles. The van der Waals surface area contributed by atoms with E-state index in [1.54, 1.807) is 0 Å². The van der Waals surface area contributed by atoms with Gasteiger partial charge in [0.2, 0.25) is 16.9 Å². The monoisotopic (exact) mass is 408 g/mol. The van der Waals surface area contributed by atoms with Crippen molar-refractivity contribution < 1.29 is 14.3 Å². The minimum atomic E-state index is -0.113. The number of aromatic nitrogens is 2. The average Bonchev–Trinajstić information content (AvgIpc) is 3.20. The lowest BCUT2D eigenvalue weighted by molar-refractivity contribution is -0.117. The zero-order valence-electron chi connectivity index (χ0n) is 15.7. The van der Waals surface area contributed by atoms with Gasteiger partial charge in [0.25, 0.3) is 0 Å². The summed E-state index contributed by atoms with van der Waals surface area (Å²) in [4.78, 5) is 23.5. The molecule has 29 heavy (non-hydrogen) atoms. The summed E-state index contributed by atoms with van der Waals surface area (Å²) < 4.78 is 5.74. The van der Waals surface area contributed by atoms with Crippen molar-refractivity contribution >= 4 is 34.0 Å². The van der Waals surface area contributed by atoms with Crippen molar-refractivity contribution in [2.75, 3.05) is 17.2 Å². The molecule has 1 aromatic heterocycles. The second-order valence-corrected chi connectivity index (χ2v) is 7.62. The van der Waals surface area contributed by atoms with E-state index in [2.05, 4.69) is 20.8 Å². The van der Waals surface area contributed by atoms with Gasteiger partial charge in [-0.25, -0.2) is 0 Å². The number of benzene rings is 2. The maximum Gasteiger partial charge on any atom is 0.226 e. The molecular weight excluding hydrogens is 388 g/mol. The van der Waals surface area contributed by atoms with Gasteiger partial charge >= 0.3 is 0 Å². The number of fused-ring (bicyclic) bond motifs is 1. The number of carbonyl (C=O) groups is 2. The molecule has 0 aliphatic carbocycles. The standard InChI is InChI=1S/C21H20N4O3S/c26-18(23-21-25-24-20(29-21)14-5-2-1-3-6-14)7-4-12-28-16-9-10-17-15(13-16)8-11-19(27)22-17/h1-3,5-6,9-10,13H,4,7-8,11-12H2,(H,22,27)(H,23,25,26). The minimum absolute atomic E-state index is 0.0449. The number of anilines is 2. The molecule has 0 radical (unpaired) electrons. The van der Waals surface area contributed by atoms with Crippen molar-refractivity contribution in [2.24, 2.45) is 0 Å². The summed E-state index contributed by atoms with van der Waals surface area (Å²) >= 11 is 1.35. The number of hydrogen-bond acceptors (Lipinski definition) is 6. The quantitative estimate of drug-likeness (QED) is 0.579. The summed E-state index contributed by atoms with van der Waals surface area (Å²) in [5, 5.41) is 15.0. The third-order valence-electron chi connectivity index (χ3n) is 4.48. The Morgan fingerprint density at radius 3 is 2.86 bits per heavy atom. The molecule has 1 aliphatic heterocycles. The molecule has 0 fully saturated rings. The Bertz CT molecular complexity index is 1020. The number of nitrogens with one attached hydrogen (secondary N) is 2. The predicted molar refractivity (Wildman–Crippen MR) is 112 cm³/mol. The summed E-state index contributed by atoms with van der Waals surface area (Å²) in [5.41, 5.74) is 2.90. The van der Waals surface area contributed by atoms with E-state index in [1.165, 1.54) is 11.3 Å². The van der Waals surface area contributed by atoms with Crippen LogP contribution in [0.2, 0.25) is 0 Å². The highest BCUT2D eigenvalue weighted by atomic mass is 32.1. The van der Waals surface area contributed by atoms with E-state index >= 15 is 0 Å². The molecule has 0 unspecified atom stereocenters. The molecule has 7 nitrogen and oxygen atoms in total. The summed E-state index contributed by atoms with van der Waals surface area (Å²) in [6, 6.07) is 15.4. The lowest BCUT2D eigenvalue weighted by Gasteiger charge is -2.17. The minimum Gasteiger partial charge on any atom is -0.494 e. The molecule has 3 aromatic rings. The number of hydrogen-bond donors (Lipinski definition) is 2. The molecular formula is C21H20N4O3S. The third kappa shape index (κ3) is 4.97. The highest BCUT2D eigenvalue weighted by molar-refractivity contribution is 7.18. The van der Waals surface area contributed by atoms with Crippen molar-refractivity contribution in [3.05, 3.63) is 54.1 Å². The van der Waals surface area contributed by atoms with Crippen LogP contribution in [0, 0.1) is 0 Å². The first-order valence-corrected chi connectivity index (χ1v) is 10.2. The molecule has 1 aliphatic rings. The third-order valence-corrected chi connectivity index (χ3v) is 5.37. The van der Waals surface area contributed by atoms with Crippen LogP contribution in [0.25, 0.3) is 10.6 Å². The summed E-state index contributed by atoms with van der Waals surface area (Å²) in [6.07, 6.45) is 2.13. The predicted octanol–water partition coefficient (Wildman–Crippen LogP) is 3.89. The van der Waals surface area contributed by atoms with E-state index in [0.29, 0.717) is 37.4 Å². The van der Waals surface area contributed by atoms with Gasteiger partial charge < -0.3 is 15.4 Å². The number of nitrogens with zero attached hydrogens (tertiary/aromatic N) is 2. The van der Waals surface area contributed by atoms with Crippen molar-refractivity contribution in [2.45, 2.75) is 25.7 Å². The van der Waals surface area contributed by atoms with Gasteiger partial charge in [-0.2, -0.15) is 0 Å². The molecule has 4 rings (SSSR count). The maximum absolute atomic E-state index is 12.1. The van der Waals surface area contributed by atoms with Gasteiger partial charge in [0.1, 0.15) is 10.8 Å². The van der Waals surface area contributed by atoms with Gasteiger partial charge in [0.15, 0.2) is 0 Å². The van der Waals surface area contributed by atoms with E-state index in [0.717, 1.165) is 27.6 Å². The summed E-state index contributed by atoms with van der Waals surface area (Å²) in [5.74, 6) is 0.679.